The zero-order valence-electron chi connectivity index (χ0n) is 13.5. The predicted octanol–water partition coefficient (Wildman–Crippen LogP) is 2.20. The first kappa shape index (κ1) is 17.2. The Morgan fingerprint density at radius 1 is 1.43 bits per heavy atom. The van der Waals surface area contributed by atoms with Gasteiger partial charge in [-0.15, -0.1) is 11.8 Å². The van der Waals surface area contributed by atoms with Gasteiger partial charge in [-0.05, 0) is 19.1 Å². The van der Waals surface area contributed by atoms with Gasteiger partial charge in [-0.2, -0.15) is 4.73 Å². The van der Waals surface area contributed by atoms with Crippen LogP contribution in [0.25, 0.3) is 0 Å². The monoisotopic (exact) mass is 335 g/mol. The van der Waals surface area contributed by atoms with Gasteiger partial charge in [-0.3, -0.25) is 4.79 Å². The summed E-state index contributed by atoms with van der Waals surface area (Å²) in [5.41, 5.74) is 0.363. The van der Waals surface area contributed by atoms with E-state index in [1.54, 1.807) is 23.9 Å². The fraction of sp³-hybridized carbons (Fsp3) is 0.375. The van der Waals surface area contributed by atoms with Crippen molar-refractivity contribution in [2.24, 2.45) is 0 Å². The largest absolute Gasteiger partial charge is 0.619 e. The molecule has 1 N–H and O–H groups in total. The minimum atomic E-state index is -0.239. The molecule has 0 aliphatic carbocycles. The molecule has 0 fully saturated rings. The number of nitrogens with one attached hydrogen (secondary N) is 1. The molecule has 2 aromatic heterocycles. The fourth-order valence-electron chi connectivity index (χ4n) is 1.97. The Hall–Kier alpha value is -2.15. The van der Waals surface area contributed by atoms with E-state index in [9.17, 15) is 10.0 Å². The van der Waals surface area contributed by atoms with Gasteiger partial charge in [-0.1, -0.05) is 0 Å². The van der Waals surface area contributed by atoms with Crippen molar-refractivity contribution in [3.05, 3.63) is 53.2 Å². The molecule has 0 saturated carbocycles. The molecule has 0 aliphatic rings. The lowest BCUT2D eigenvalue weighted by Crippen LogP contribution is -2.31. The van der Waals surface area contributed by atoms with Crippen molar-refractivity contribution in [2.45, 2.75) is 12.2 Å². The van der Waals surface area contributed by atoms with Crippen LogP contribution in [0.1, 0.15) is 28.3 Å². The molecule has 0 aliphatic heterocycles. The molecule has 124 valence electrons. The molecule has 0 spiro atoms. The molecule has 1 atom stereocenters. The van der Waals surface area contributed by atoms with Gasteiger partial charge in [0.2, 0.25) is 0 Å². The normalized spacial score (nSPS) is 12.0. The number of carbonyl (C=O) groups is 1. The van der Waals surface area contributed by atoms with Gasteiger partial charge in [0, 0.05) is 38.5 Å². The van der Waals surface area contributed by atoms with Crippen molar-refractivity contribution in [3.8, 4) is 0 Å². The average Bonchev–Trinajstić information content (AvgIpc) is 3.01. The summed E-state index contributed by atoms with van der Waals surface area (Å²) in [5.74, 6) is 2.27. The van der Waals surface area contributed by atoms with Crippen LogP contribution in [0.5, 0.6) is 0 Å². The minimum Gasteiger partial charge on any atom is -0.619 e. The SMILES string of the molecule is CC(SCCNC(=O)c1ccc[n+]([O-])c1)c1ccc(N(C)C)o1. The van der Waals surface area contributed by atoms with Crippen LogP contribution in [0.15, 0.2) is 41.1 Å². The van der Waals surface area contributed by atoms with Crippen molar-refractivity contribution in [1.82, 2.24) is 5.32 Å². The number of amides is 1. The predicted molar refractivity (Wildman–Crippen MR) is 91.6 cm³/mol. The maximum Gasteiger partial charge on any atom is 0.257 e. The summed E-state index contributed by atoms with van der Waals surface area (Å²) in [4.78, 5) is 13.8. The molecule has 0 saturated heterocycles. The van der Waals surface area contributed by atoms with E-state index >= 15 is 0 Å². The van der Waals surface area contributed by atoms with Crippen molar-refractivity contribution in [2.75, 3.05) is 31.3 Å². The Bertz CT molecular complexity index is 658. The van der Waals surface area contributed by atoms with E-state index < -0.39 is 0 Å². The second-order valence-electron chi connectivity index (χ2n) is 5.29. The van der Waals surface area contributed by atoms with Gasteiger partial charge >= 0.3 is 0 Å². The second kappa shape index (κ2) is 7.92. The fourth-order valence-corrected chi connectivity index (χ4v) is 2.84. The molecule has 0 aromatic carbocycles. The van der Waals surface area contributed by atoms with Gasteiger partial charge in [0.25, 0.3) is 5.91 Å². The molecule has 0 radical (unpaired) electrons. The molecule has 1 amide bonds. The second-order valence-corrected chi connectivity index (χ2v) is 6.74. The zero-order chi connectivity index (χ0) is 16.8. The Balaban J connectivity index is 1.75. The number of thioether (sulfide) groups is 1. The summed E-state index contributed by atoms with van der Waals surface area (Å²) in [6, 6.07) is 7.09. The number of carbonyl (C=O) groups excluding carboxylic acids is 1. The van der Waals surface area contributed by atoms with Gasteiger partial charge in [-0.25, -0.2) is 0 Å². The van der Waals surface area contributed by atoms with Crippen LogP contribution in [-0.2, 0) is 0 Å². The van der Waals surface area contributed by atoms with Crippen molar-refractivity contribution < 1.29 is 13.9 Å². The summed E-state index contributed by atoms with van der Waals surface area (Å²) in [7, 11) is 3.87. The third-order valence-corrected chi connectivity index (χ3v) is 4.42. The lowest BCUT2D eigenvalue weighted by Gasteiger charge is -2.11. The summed E-state index contributed by atoms with van der Waals surface area (Å²) < 4.78 is 6.36. The highest BCUT2D eigenvalue weighted by Gasteiger charge is 2.13. The Morgan fingerprint density at radius 3 is 2.87 bits per heavy atom. The first-order valence-corrected chi connectivity index (χ1v) is 8.38. The molecular weight excluding hydrogens is 314 g/mol. The summed E-state index contributed by atoms with van der Waals surface area (Å²) in [6.45, 7) is 2.60. The topological polar surface area (TPSA) is 72.4 Å². The number of rotatable bonds is 7. The molecule has 23 heavy (non-hydrogen) atoms. The van der Waals surface area contributed by atoms with Crippen LogP contribution in [0.4, 0.5) is 5.88 Å². The number of anilines is 1. The van der Waals surface area contributed by atoms with Gasteiger partial charge in [0.05, 0.1) is 5.25 Å². The Labute approximate surface area is 140 Å². The number of furan rings is 1. The average molecular weight is 335 g/mol. The van der Waals surface area contributed by atoms with E-state index in [1.807, 2.05) is 31.1 Å². The number of pyridine rings is 1. The molecule has 2 rings (SSSR count). The van der Waals surface area contributed by atoms with Gasteiger partial charge in [0.15, 0.2) is 18.3 Å². The first-order valence-electron chi connectivity index (χ1n) is 7.33. The summed E-state index contributed by atoms with van der Waals surface area (Å²) >= 11 is 1.70. The Morgan fingerprint density at radius 2 is 2.22 bits per heavy atom. The first-order chi connectivity index (χ1) is 11.0. The lowest BCUT2D eigenvalue weighted by molar-refractivity contribution is -0.605. The van der Waals surface area contributed by atoms with Crippen molar-refractivity contribution >= 4 is 23.6 Å². The van der Waals surface area contributed by atoms with E-state index in [1.165, 1.54) is 12.4 Å². The van der Waals surface area contributed by atoms with E-state index in [2.05, 4.69) is 12.2 Å². The van der Waals surface area contributed by atoms with Crippen LogP contribution in [0.2, 0.25) is 0 Å². The third kappa shape index (κ3) is 4.92. The third-order valence-electron chi connectivity index (χ3n) is 3.25. The molecular formula is C16H21N3O3S. The molecule has 0 bridgehead atoms. The van der Waals surface area contributed by atoms with Crippen LogP contribution in [0, 0.1) is 5.21 Å². The lowest BCUT2D eigenvalue weighted by atomic mass is 10.3. The van der Waals surface area contributed by atoms with Gasteiger partial charge in [0.1, 0.15) is 11.3 Å². The highest BCUT2D eigenvalue weighted by atomic mass is 32.2. The Kier molecular flexibility index (Phi) is 5.92. The van der Waals surface area contributed by atoms with Gasteiger partial charge < -0.3 is 19.8 Å². The van der Waals surface area contributed by atoms with E-state index in [0.29, 0.717) is 16.8 Å². The molecule has 2 heterocycles. The molecule has 1 unspecified atom stereocenters. The van der Waals surface area contributed by atoms with Crippen molar-refractivity contribution in [1.29, 1.82) is 0 Å². The smallest absolute Gasteiger partial charge is 0.257 e. The van der Waals surface area contributed by atoms with Crippen LogP contribution in [0.3, 0.4) is 0 Å². The number of aromatic nitrogens is 1. The molecule has 2 aromatic rings. The quantitative estimate of drug-likeness (QED) is 0.477. The highest BCUT2D eigenvalue weighted by Crippen LogP contribution is 2.31. The van der Waals surface area contributed by atoms with E-state index in [0.717, 1.165) is 17.4 Å². The number of nitrogens with zero attached hydrogens (tertiary/aromatic N) is 2. The maximum atomic E-state index is 11.9. The standard InChI is InChI=1S/C16H21N3O3S/c1-12(14-6-7-15(22-14)18(2)3)23-10-8-17-16(20)13-5-4-9-19(21)11-13/h4-7,9,11-12H,8,10H2,1-3H3,(H,17,20). The number of hydrogen-bond donors (Lipinski definition) is 1. The minimum absolute atomic E-state index is 0.209. The highest BCUT2D eigenvalue weighted by molar-refractivity contribution is 7.99. The van der Waals surface area contributed by atoms with E-state index in [4.69, 9.17) is 4.42 Å². The summed E-state index contributed by atoms with van der Waals surface area (Å²) in [6.07, 6.45) is 2.61. The van der Waals surface area contributed by atoms with Crippen molar-refractivity contribution in [3.63, 3.8) is 0 Å². The van der Waals surface area contributed by atoms with Crippen LogP contribution < -0.4 is 14.9 Å². The van der Waals surface area contributed by atoms with E-state index in [-0.39, 0.29) is 11.2 Å². The summed E-state index contributed by atoms with van der Waals surface area (Å²) in [5, 5.41) is 14.2. The zero-order valence-corrected chi connectivity index (χ0v) is 14.3. The number of hydrogen-bond acceptors (Lipinski definition) is 5. The van der Waals surface area contributed by atoms with Crippen LogP contribution >= 0.6 is 11.8 Å². The molecule has 6 nitrogen and oxygen atoms in total. The molecule has 7 heteroatoms. The van der Waals surface area contributed by atoms with Crippen LogP contribution in [-0.4, -0.2) is 32.3 Å². The maximum absolute atomic E-state index is 11.9.